The summed E-state index contributed by atoms with van der Waals surface area (Å²) >= 11 is 0. The van der Waals surface area contributed by atoms with Gasteiger partial charge in [-0.25, -0.2) is 4.79 Å². The van der Waals surface area contributed by atoms with Gasteiger partial charge in [0, 0.05) is 44.8 Å². The van der Waals surface area contributed by atoms with Crippen molar-refractivity contribution in [1.29, 1.82) is 0 Å². The molecule has 2 aromatic rings. The zero-order valence-corrected chi connectivity index (χ0v) is 22.7. The van der Waals surface area contributed by atoms with Crippen LogP contribution in [0.5, 0.6) is 0 Å². The van der Waals surface area contributed by atoms with Crippen molar-refractivity contribution in [3.63, 3.8) is 0 Å². The fourth-order valence-corrected chi connectivity index (χ4v) is 2.76. The fraction of sp³-hybridized carbons (Fsp3) is 0.481. The smallest absolute Gasteiger partial charge is 0.410 e. The maximum Gasteiger partial charge on any atom is 0.410 e. The van der Waals surface area contributed by atoms with E-state index in [1.54, 1.807) is 32.4 Å². The number of amides is 1. The number of nitrogens with zero attached hydrogens (tertiary/aromatic N) is 1. The highest BCUT2D eigenvalue weighted by Crippen LogP contribution is 2.19. The number of para-hydroxylation sites is 1. The highest BCUT2D eigenvalue weighted by Gasteiger charge is 2.31. The van der Waals surface area contributed by atoms with Crippen molar-refractivity contribution in [2.24, 2.45) is 0 Å². The summed E-state index contributed by atoms with van der Waals surface area (Å²) in [4.78, 5) is 48.4. The summed E-state index contributed by atoms with van der Waals surface area (Å²) in [5.41, 5.74) is 0.380. The first-order valence-electron chi connectivity index (χ1n) is 11.4. The van der Waals surface area contributed by atoms with Gasteiger partial charge in [0.1, 0.15) is 11.9 Å². The minimum atomic E-state index is -0.493. The molecule has 0 bridgehead atoms. The van der Waals surface area contributed by atoms with E-state index >= 15 is 0 Å². The minimum Gasteiger partial charge on any atom is -0.444 e. The molecule has 1 atom stereocenters. The molecule has 9 heteroatoms. The van der Waals surface area contributed by atoms with Crippen LogP contribution in [0.2, 0.25) is 0 Å². The van der Waals surface area contributed by atoms with E-state index in [0.717, 1.165) is 26.2 Å². The minimum absolute atomic E-state index is 0.128. The first-order chi connectivity index (χ1) is 17.2. The van der Waals surface area contributed by atoms with Crippen LogP contribution in [0.25, 0.3) is 10.9 Å². The number of aromatic nitrogens is 1. The lowest BCUT2D eigenvalue weighted by molar-refractivity contribution is -0.111. The molecule has 0 spiro atoms. The Hall–Kier alpha value is -3.48. The van der Waals surface area contributed by atoms with E-state index in [-0.39, 0.29) is 17.6 Å². The Bertz CT molecular complexity index is 946. The molecule has 202 valence electrons. The summed E-state index contributed by atoms with van der Waals surface area (Å²) in [7, 11) is 4.25. The molecule has 2 heterocycles. The van der Waals surface area contributed by atoms with E-state index in [4.69, 9.17) is 9.84 Å². The molecule has 1 aromatic carbocycles. The zero-order chi connectivity index (χ0) is 28.7. The number of likely N-dealkylation sites (tertiary alicyclic amines) is 1. The first kappa shape index (κ1) is 37.1. The van der Waals surface area contributed by atoms with Gasteiger partial charge < -0.3 is 24.4 Å². The second-order valence-corrected chi connectivity index (χ2v) is 7.68. The van der Waals surface area contributed by atoms with Crippen LogP contribution in [-0.4, -0.2) is 73.2 Å². The predicted octanol–water partition coefficient (Wildman–Crippen LogP) is 4.07. The lowest BCUT2D eigenvalue weighted by Gasteiger charge is -2.26. The Labute approximate surface area is 214 Å². The van der Waals surface area contributed by atoms with Gasteiger partial charge in [-0.05, 0) is 45.7 Å². The van der Waals surface area contributed by atoms with Crippen LogP contribution in [0.1, 0.15) is 57.9 Å². The Morgan fingerprint density at radius 3 is 2.14 bits per heavy atom. The molecule has 0 radical (unpaired) electrons. The fourth-order valence-electron chi connectivity index (χ4n) is 2.76. The Morgan fingerprint density at radius 2 is 1.67 bits per heavy atom. The van der Waals surface area contributed by atoms with E-state index in [2.05, 4.69) is 22.6 Å². The number of carbonyl (C=O) groups is 3. The molecule has 2 N–H and O–H groups in total. The molecule has 1 saturated heterocycles. The SMILES string of the molecule is C#C.CC.CC(C)(C)OC(=O)N1CCCC1C=O.CO.COC.O=Cc1cc(=O)c2ccccc2[nH]1. The van der Waals surface area contributed by atoms with E-state index in [1.165, 1.54) is 11.0 Å². The first-order valence-corrected chi connectivity index (χ1v) is 11.4. The van der Waals surface area contributed by atoms with E-state index in [9.17, 15) is 19.2 Å². The number of ether oxygens (including phenoxy) is 2. The molecule has 1 amide bonds. The molecule has 9 nitrogen and oxygen atoms in total. The number of terminal acetylenes is 1. The molecule has 1 aliphatic heterocycles. The van der Waals surface area contributed by atoms with Crippen LogP contribution < -0.4 is 5.43 Å². The Morgan fingerprint density at radius 1 is 1.14 bits per heavy atom. The summed E-state index contributed by atoms with van der Waals surface area (Å²) < 4.78 is 9.43. The van der Waals surface area contributed by atoms with Gasteiger partial charge in [-0.2, -0.15) is 0 Å². The molecule has 0 aliphatic carbocycles. The highest BCUT2D eigenvalue weighted by molar-refractivity contribution is 5.83. The van der Waals surface area contributed by atoms with Gasteiger partial charge >= 0.3 is 6.09 Å². The quantitative estimate of drug-likeness (QED) is 0.464. The number of aromatic amines is 1. The third-order valence-corrected chi connectivity index (χ3v) is 3.97. The van der Waals surface area contributed by atoms with Crippen molar-refractivity contribution >= 4 is 29.6 Å². The maximum atomic E-state index is 11.6. The van der Waals surface area contributed by atoms with Crippen LogP contribution in [0.4, 0.5) is 4.79 Å². The van der Waals surface area contributed by atoms with Gasteiger partial charge in [0.2, 0.25) is 0 Å². The predicted molar refractivity (Wildman–Crippen MR) is 144 cm³/mol. The summed E-state index contributed by atoms with van der Waals surface area (Å²) in [6, 6.07) is 8.11. The van der Waals surface area contributed by atoms with Crippen molar-refractivity contribution in [3.8, 4) is 12.8 Å². The molecular formula is C27H42N2O7. The molecule has 3 rings (SSSR count). The monoisotopic (exact) mass is 506 g/mol. The number of pyridine rings is 1. The number of hydrogen-bond donors (Lipinski definition) is 2. The number of rotatable bonds is 2. The maximum absolute atomic E-state index is 11.6. The molecular weight excluding hydrogens is 464 g/mol. The number of benzene rings is 1. The molecule has 36 heavy (non-hydrogen) atoms. The van der Waals surface area contributed by atoms with Crippen LogP contribution in [0, 0.1) is 12.8 Å². The average Bonchev–Trinajstić information content (AvgIpc) is 3.37. The lowest BCUT2D eigenvalue weighted by Crippen LogP contribution is -2.40. The highest BCUT2D eigenvalue weighted by atomic mass is 16.6. The Balaban J connectivity index is -0.000000460. The second kappa shape index (κ2) is 22.0. The lowest BCUT2D eigenvalue weighted by atomic mass is 10.2. The van der Waals surface area contributed by atoms with Crippen LogP contribution in [0.15, 0.2) is 35.1 Å². The Kier molecular flexibility index (Phi) is 22.7. The molecule has 1 aromatic heterocycles. The number of H-pyrrole nitrogens is 1. The zero-order valence-electron chi connectivity index (χ0n) is 22.7. The van der Waals surface area contributed by atoms with E-state index < -0.39 is 5.60 Å². The number of aliphatic hydroxyl groups excluding tert-OH is 1. The number of aldehydes is 2. The number of methoxy groups -OCH3 is 1. The summed E-state index contributed by atoms with van der Waals surface area (Å²) in [5.74, 6) is 0. The van der Waals surface area contributed by atoms with Crippen molar-refractivity contribution in [1.82, 2.24) is 9.88 Å². The standard InChI is InChI=1S/C10H17NO3.C10H7NO2.C2H6O.C2H6.C2H2.CH4O/c1-10(2,3)14-9(13)11-6-4-5-8(11)7-12;12-6-7-5-10(13)8-3-1-2-4-9(8)11-7;1-3-2;3*1-2/h7-8H,4-6H2,1-3H3;1-6H,(H,11,13);1-2H3;1-2H3;1-2H;2H,1H3. The molecule has 1 fully saturated rings. The third kappa shape index (κ3) is 14.7. The number of aliphatic hydroxyl groups is 1. The van der Waals surface area contributed by atoms with Crippen molar-refractivity contribution in [2.45, 2.75) is 59.1 Å². The summed E-state index contributed by atoms with van der Waals surface area (Å²) in [6.07, 6.45) is 10.7. The number of nitrogens with one attached hydrogen (secondary N) is 1. The van der Waals surface area contributed by atoms with Gasteiger partial charge in [-0.1, -0.05) is 26.0 Å². The van der Waals surface area contributed by atoms with Gasteiger partial charge in [-0.3, -0.25) is 14.5 Å². The second-order valence-electron chi connectivity index (χ2n) is 7.68. The van der Waals surface area contributed by atoms with Crippen LogP contribution >= 0.6 is 0 Å². The normalized spacial score (nSPS) is 13.2. The van der Waals surface area contributed by atoms with E-state index in [0.29, 0.717) is 29.4 Å². The van der Waals surface area contributed by atoms with Crippen molar-refractivity contribution in [3.05, 3.63) is 46.2 Å². The number of hydrogen-bond acceptors (Lipinski definition) is 7. The number of fused-ring (bicyclic) bond motifs is 1. The topological polar surface area (TPSA) is 126 Å². The molecule has 1 aliphatic rings. The van der Waals surface area contributed by atoms with Crippen molar-refractivity contribution < 1.29 is 29.0 Å². The van der Waals surface area contributed by atoms with Gasteiger partial charge in [0.15, 0.2) is 11.7 Å². The average molecular weight is 507 g/mol. The largest absolute Gasteiger partial charge is 0.444 e. The summed E-state index contributed by atoms with van der Waals surface area (Å²) in [6.45, 7) is 10.1. The molecule has 1 unspecified atom stereocenters. The van der Waals surface area contributed by atoms with E-state index in [1.807, 2.05) is 40.7 Å². The van der Waals surface area contributed by atoms with Crippen LogP contribution in [0.3, 0.4) is 0 Å². The van der Waals surface area contributed by atoms with Crippen LogP contribution in [-0.2, 0) is 14.3 Å². The number of carbonyl (C=O) groups excluding carboxylic acids is 3. The van der Waals surface area contributed by atoms with Gasteiger partial charge in [-0.15, -0.1) is 12.8 Å². The van der Waals surface area contributed by atoms with Crippen molar-refractivity contribution in [2.75, 3.05) is 27.9 Å². The van der Waals surface area contributed by atoms with Gasteiger partial charge in [0.05, 0.1) is 11.7 Å². The van der Waals surface area contributed by atoms with Gasteiger partial charge in [0.25, 0.3) is 0 Å². The summed E-state index contributed by atoms with van der Waals surface area (Å²) in [5, 5.41) is 7.60. The molecule has 0 saturated carbocycles. The third-order valence-electron chi connectivity index (χ3n) is 3.97.